The lowest BCUT2D eigenvalue weighted by Gasteiger charge is -2.22. The average Bonchev–Trinajstić information content (AvgIpc) is 3.24. The molecule has 1 saturated carbocycles. The first-order chi connectivity index (χ1) is 9.51. The van der Waals surface area contributed by atoms with Crippen molar-refractivity contribution < 1.29 is 4.79 Å². The molecular weight excluding hydrogens is 278 g/mol. The number of hydrogen-bond donors (Lipinski definition) is 1. The first-order valence-corrected chi connectivity index (χ1v) is 7.48. The molecule has 2 rings (SSSR count). The molecule has 1 aliphatic rings. The highest BCUT2D eigenvalue weighted by Gasteiger charge is 2.26. The Kier molecular flexibility index (Phi) is 4.81. The first-order valence-electron chi connectivity index (χ1n) is 6.94. The predicted octanol–water partition coefficient (Wildman–Crippen LogP) is 1.50. The van der Waals surface area contributed by atoms with Crippen LogP contribution in [0.25, 0.3) is 0 Å². The van der Waals surface area contributed by atoms with E-state index in [1.807, 2.05) is 13.8 Å². The molecule has 1 aromatic rings. The summed E-state index contributed by atoms with van der Waals surface area (Å²) >= 11 is 5.51. The SMILES string of the molecule is CC(C)[C@H](Cn1nc(C2CC2)ccc1=O)NC(=O)CCl. The third kappa shape index (κ3) is 3.82. The van der Waals surface area contributed by atoms with Crippen LogP contribution in [-0.2, 0) is 11.3 Å². The van der Waals surface area contributed by atoms with E-state index in [0.717, 1.165) is 18.5 Å². The van der Waals surface area contributed by atoms with Gasteiger partial charge in [-0.15, -0.1) is 11.6 Å². The minimum atomic E-state index is -0.225. The van der Waals surface area contributed by atoms with Gasteiger partial charge in [0.1, 0.15) is 5.88 Å². The Hall–Kier alpha value is -1.36. The Morgan fingerprint density at radius 2 is 2.20 bits per heavy atom. The normalized spacial score (nSPS) is 16.2. The van der Waals surface area contributed by atoms with E-state index >= 15 is 0 Å². The molecule has 0 unspecified atom stereocenters. The fourth-order valence-electron chi connectivity index (χ4n) is 2.05. The van der Waals surface area contributed by atoms with Gasteiger partial charge in [0.15, 0.2) is 0 Å². The Labute approximate surface area is 123 Å². The molecular formula is C14H20ClN3O2. The predicted molar refractivity (Wildman–Crippen MR) is 78.0 cm³/mol. The Morgan fingerprint density at radius 1 is 1.50 bits per heavy atom. The van der Waals surface area contributed by atoms with Crippen molar-refractivity contribution in [3.8, 4) is 0 Å². The number of carbonyl (C=O) groups is 1. The molecule has 0 bridgehead atoms. The minimum absolute atomic E-state index is 0.0757. The first kappa shape index (κ1) is 15.0. The molecule has 5 nitrogen and oxygen atoms in total. The largest absolute Gasteiger partial charge is 0.350 e. The molecule has 1 fully saturated rings. The fourth-order valence-corrected chi connectivity index (χ4v) is 2.12. The van der Waals surface area contributed by atoms with Crippen LogP contribution >= 0.6 is 11.6 Å². The quantitative estimate of drug-likeness (QED) is 0.809. The molecule has 1 N–H and O–H groups in total. The van der Waals surface area contributed by atoms with Crippen LogP contribution in [0.3, 0.4) is 0 Å². The second kappa shape index (κ2) is 6.39. The summed E-state index contributed by atoms with van der Waals surface area (Å²) in [5, 5.41) is 7.25. The van der Waals surface area contributed by atoms with E-state index < -0.39 is 0 Å². The number of aromatic nitrogens is 2. The lowest BCUT2D eigenvalue weighted by atomic mass is 10.0. The number of nitrogens with zero attached hydrogens (tertiary/aromatic N) is 2. The van der Waals surface area contributed by atoms with Crippen molar-refractivity contribution in [2.75, 3.05) is 5.88 Å². The van der Waals surface area contributed by atoms with Crippen LogP contribution in [0.2, 0.25) is 0 Å². The van der Waals surface area contributed by atoms with Crippen LogP contribution in [0.4, 0.5) is 0 Å². The molecule has 1 aliphatic carbocycles. The van der Waals surface area contributed by atoms with Gasteiger partial charge in [0.2, 0.25) is 5.91 Å². The lowest BCUT2D eigenvalue weighted by molar-refractivity contribution is -0.119. The zero-order valence-electron chi connectivity index (χ0n) is 11.8. The van der Waals surface area contributed by atoms with Crippen LogP contribution in [0, 0.1) is 5.92 Å². The molecule has 1 amide bonds. The zero-order chi connectivity index (χ0) is 14.7. The summed E-state index contributed by atoms with van der Waals surface area (Å²) in [6.07, 6.45) is 2.28. The summed E-state index contributed by atoms with van der Waals surface area (Å²) in [7, 11) is 0. The van der Waals surface area contributed by atoms with Gasteiger partial charge in [-0.25, -0.2) is 4.68 Å². The minimum Gasteiger partial charge on any atom is -0.350 e. The Balaban J connectivity index is 2.14. The van der Waals surface area contributed by atoms with E-state index in [4.69, 9.17) is 11.6 Å². The second-order valence-electron chi connectivity index (χ2n) is 5.60. The summed E-state index contributed by atoms with van der Waals surface area (Å²) < 4.78 is 1.45. The highest BCUT2D eigenvalue weighted by molar-refractivity contribution is 6.27. The summed E-state index contributed by atoms with van der Waals surface area (Å²) in [5.74, 6) is 0.391. The van der Waals surface area contributed by atoms with E-state index in [1.54, 1.807) is 12.1 Å². The Morgan fingerprint density at radius 3 is 2.75 bits per heavy atom. The highest BCUT2D eigenvalue weighted by Crippen LogP contribution is 2.38. The third-order valence-corrected chi connectivity index (χ3v) is 3.77. The van der Waals surface area contributed by atoms with Crippen molar-refractivity contribution in [1.82, 2.24) is 15.1 Å². The van der Waals surface area contributed by atoms with Gasteiger partial charge in [0, 0.05) is 12.0 Å². The molecule has 110 valence electrons. The fraction of sp³-hybridized carbons (Fsp3) is 0.643. The topological polar surface area (TPSA) is 64.0 Å². The number of alkyl halides is 1. The number of carbonyl (C=O) groups excluding carboxylic acids is 1. The van der Waals surface area contributed by atoms with E-state index in [1.165, 1.54) is 4.68 Å². The molecule has 1 aromatic heterocycles. The van der Waals surface area contributed by atoms with Gasteiger partial charge in [-0.1, -0.05) is 13.8 Å². The van der Waals surface area contributed by atoms with Gasteiger partial charge in [0.05, 0.1) is 18.3 Å². The lowest BCUT2D eigenvalue weighted by Crippen LogP contribution is -2.44. The monoisotopic (exact) mass is 297 g/mol. The molecule has 6 heteroatoms. The van der Waals surface area contributed by atoms with Crippen molar-refractivity contribution in [3.63, 3.8) is 0 Å². The van der Waals surface area contributed by atoms with Crippen LogP contribution in [-0.4, -0.2) is 27.6 Å². The van der Waals surface area contributed by atoms with E-state index in [9.17, 15) is 9.59 Å². The Bertz CT molecular complexity index is 537. The molecule has 0 radical (unpaired) electrons. The van der Waals surface area contributed by atoms with Gasteiger partial charge >= 0.3 is 0 Å². The summed E-state index contributed by atoms with van der Waals surface area (Å²) in [4.78, 5) is 23.3. The number of hydrogen-bond acceptors (Lipinski definition) is 3. The van der Waals surface area contributed by atoms with Crippen molar-refractivity contribution >= 4 is 17.5 Å². The van der Waals surface area contributed by atoms with Crippen LogP contribution in [0.1, 0.15) is 38.3 Å². The van der Waals surface area contributed by atoms with Crippen LogP contribution in [0.5, 0.6) is 0 Å². The van der Waals surface area contributed by atoms with E-state index in [2.05, 4.69) is 10.4 Å². The maximum atomic E-state index is 11.9. The van der Waals surface area contributed by atoms with E-state index in [0.29, 0.717) is 12.5 Å². The van der Waals surface area contributed by atoms with Crippen LogP contribution < -0.4 is 10.9 Å². The average molecular weight is 298 g/mol. The van der Waals surface area contributed by atoms with Crippen molar-refractivity contribution in [1.29, 1.82) is 0 Å². The molecule has 20 heavy (non-hydrogen) atoms. The highest BCUT2D eigenvalue weighted by atomic mass is 35.5. The zero-order valence-corrected chi connectivity index (χ0v) is 12.6. The molecule has 1 atom stereocenters. The van der Waals surface area contributed by atoms with Crippen molar-refractivity contribution in [2.45, 2.75) is 45.2 Å². The third-order valence-electron chi connectivity index (χ3n) is 3.52. The summed E-state index contributed by atoms with van der Waals surface area (Å²) in [5.41, 5.74) is 0.830. The maximum Gasteiger partial charge on any atom is 0.266 e. The van der Waals surface area contributed by atoms with Gasteiger partial charge in [-0.05, 0) is 24.8 Å². The van der Waals surface area contributed by atoms with E-state index in [-0.39, 0.29) is 29.3 Å². The molecule has 0 aliphatic heterocycles. The van der Waals surface area contributed by atoms with Gasteiger partial charge < -0.3 is 5.32 Å². The second-order valence-corrected chi connectivity index (χ2v) is 5.87. The molecule has 0 saturated heterocycles. The van der Waals surface area contributed by atoms with Crippen molar-refractivity contribution in [3.05, 3.63) is 28.2 Å². The number of halogens is 1. The summed E-state index contributed by atoms with van der Waals surface area (Å²) in [6, 6.07) is 3.21. The number of rotatable bonds is 6. The molecule has 1 heterocycles. The van der Waals surface area contributed by atoms with Gasteiger partial charge in [0.25, 0.3) is 5.56 Å². The smallest absolute Gasteiger partial charge is 0.266 e. The maximum absolute atomic E-state index is 11.9. The standard InChI is InChI=1S/C14H20ClN3O2/c1-9(2)12(16-13(19)7-15)8-18-14(20)6-5-11(17-18)10-3-4-10/h5-6,9-10,12H,3-4,7-8H2,1-2H3,(H,16,19)/t12-/m0/s1. The van der Waals surface area contributed by atoms with Gasteiger partial charge in [-0.3, -0.25) is 9.59 Å². The summed E-state index contributed by atoms with van der Waals surface area (Å²) in [6.45, 7) is 4.36. The molecule has 0 spiro atoms. The van der Waals surface area contributed by atoms with Crippen LogP contribution in [0.15, 0.2) is 16.9 Å². The van der Waals surface area contributed by atoms with Gasteiger partial charge in [-0.2, -0.15) is 5.10 Å². The van der Waals surface area contributed by atoms with Crippen molar-refractivity contribution in [2.24, 2.45) is 5.92 Å². The molecule has 0 aromatic carbocycles. The number of amides is 1. The number of nitrogens with one attached hydrogen (secondary N) is 1.